The summed E-state index contributed by atoms with van der Waals surface area (Å²) < 4.78 is 12.7. The number of halogens is 1. The van der Waals surface area contributed by atoms with Gasteiger partial charge in [0, 0.05) is 24.5 Å². The normalized spacial score (nSPS) is 10.3. The van der Waals surface area contributed by atoms with Crippen molar-refractivity contribution in [3.8, 4) is 0 Å². The van der Waals surface area contributed by atoms with E-state index in [9.17, 15) is 4.39 Å². The number of rotatable bonds is 7. The van der Waals surface area contributed by atoms with E-state index in [0.717, 1.165) is 18.7 Å². The molecule has 0 aliphatic rings. The molecule has 1 aromatic heterocycles. The Morgan fingerprint density at radius 1 is 1.40 bits per heavy atom. The first-order valence-corrected chi connectivity index (χ1v) is 6.56. The van der Waals surface area contributed by atoms with E-state index in [1.807, 2.05) is 11.8 Å². The highest BCUT2D eigenvalue weighted by Crippen LogP contribution is 2.07. The predicted molar refractivity (Wildman–Crippen MR) is 64.9 cm³/mol. The van der Waals surface area contributed by atoms with E-state index in [4.69, 9.17) is 0 Å². The second kappa shape index (κ2) is 7.51. The molecule has 4 heteroatoms. The van der Waals surface area contributed by atoms with Crippen LogP contribution in [0.2, 0.25) is 0 Å². The second-order valence-corrected chi connectivity index (χ2v) is 4.33. The molecule has 1 aromatic rings. The molecule has 0 unspecified atom stereocenters. The molecule has 0 amide bonds. The fraction of sp³-hybridized carbons (Fsp3) is 0.545. The zero-order valence-corrected chi connectivity index (χ0v) is 9.82. The van der Waals surface area contributed by atoms with E-state index in [1.165, 1.54) is 30.9 Å². The molecule has 0 spiro atoms. The number of nitrogens with zero attached hydrogens (tertiary/aromatic N) is 1. The van der Waals surface area contributed by atoms with Crippen molar-refractivity contribution in [2.24, 2.45) is 0 Å². The average Bonchev–Trinajstić information content (AvgIpc) is 2.23. The monoisotopic (exact) mass is 228 g/mol. The van der Waals surface area contributed by atoms with E-state index in [0.29, 0.717) is 0 Å². The van der Waals surface area contributed by atoms with Gasteiger partial charge in [0.2, 0.25) is 5.95 Å². The molecule has 0 atom stereocenters. The summed E-state index contributed by atoms with van der Waals surface area (Å²) in [5, 5.41) is 3.18. The quantitative estimate of drug-likeness (QED) is 0.573. The number of anilines is 1. The first-order valence-electron chi connectivity index (χ1n) is 5.17. The van der Waals surface area contributed by atoms with Crippen LogP contribution >= 0.6 is 11.8 Å². The standard InChI is InChI=1S/C11H17FN2S/c1-15-8-4-2-3-6-13-10-5-7-14-11(12)9-10/h5,7,9H,2-4,6,8H2,1H3,(H,13,14). The van der Waals surface area contributed by atoms with Crippen molar-refractivity contribution in [1.29, 1.82) is 0 Å². The molecule has 0 saturated carbocycles. The SMILES string of the molecule is CSCCCCCNc1ccnc(F)c1. The Morgan fingerprint density at radius 3 is 3.00 bits per heavy atom. The van der Waals surface area contributed by atoms with Crippen LogP contribution in [0.25, 0.3) is 0 Å². The number of pyridine rings is 1. The van der Waals surface area contributed by atoms with Crippen LogP contribution in [-0.2, 0) is 0 Å². The molecule has 0 aliphatic heterocycles. The Morgan fingerprint density at radius 2 is 2.27 bits per heavy atom. The summed E-state index contributed by atoms with van der Waals surface area (Å²) in [5.74, 6) is 0.798. The third-order valence-electron chi connectivity index (χ3n) is 2.08. The molecular weight excluding hydrogens is 211 g/mol. The molecule has 1 rings (SSSR count). The third kappa shape index (κ3) is 5.62. The summed E-state index contributed by atoms with van der Waals surface area (Å²) in [6.07, 6.45) is 7.21. The highest BCUT2D eigenvalue weighted by molar-refractivity contribution is 7.98. The first kappa shape index (κ1) is 12.3. The van der Waals surface area contributed by atoms with Gasteiger partial charge in [0.25, 0.3) is 0 Å². The highest BCUT2D eigenvalue weighted by atomic mass is 32.2. The van der Waals surface area contributed by atoms with Crippen molar-refractivity contribution in [1.82, 2.24) is 4.98 Å². The van der Waals surface area contributed by atoms with Gasteiger partial charge in [-0.05, 0) is 30.9 Å². The van der Waals surface area contributed by atoms with Crippen molar-refractivity contribution in [3.63, 3.8) is 0 Å². The Balaban J connectivity index is 2.10. The van der Waals surface area contributed by atoms with Crippen LogP contribution in [0.5, 0.6) is 0 Å². The van der Waals surface area contributed by atoms with Gasteiger partial charge in [0.15, 0.2) is 0 Å². The number of hydrogen-bond acceptors (Lipinski definition) is 3. The van der Waals surface area contributed by atoms with E-state index < -0.39 is 5.95 Å². The lowest BCUT2D eigenvalue weighted by Crippen LogP contribution is -2.02. The fourth-order valence-electron chi connectivity index (χ4n) is 1.29. The van der Waals surface area contributed by atoms with Gasteiger partial charge in [-0.3, -0.25) is 0 Å². The van der Waals surface area contributed by atoms with Crippen LogP contribution in [0.3, 0.4) is 0 Å². The second-order valence-electron chi connectivity index (χ2n) is 3.35. The minimum Gasteiger partial charge on any atom is -0.385 e. The number of aromatic nitrogens is 1. The molecule has 0 saturated heterocycles. The Hall–Kier alpha value is -0.770. The molecule has 0 fully saturated rings. The van der Waals surface area contributed by atoms with Gasteiger partial charge >= 0.3 is 0 Å². The van der Waals surface area contributed by atoms with Crippen LogP contribution in [-0.4, -0.2) is 23.5 Å². The number of nitrogens with one attached hydrogen (secondary N) is 1. The van der Waals surface area contributed by atoms with Crippen molar-refractivity contribution in [3.05, 3.63) is 24.3 Å². The van der Waals surface area contributed by atoms with Gasteiger partial charge in [0.05, 0.1) is 0 Å². The van der Waals surface area contributed by atoms with E-state index in [1.54, 1.807) is 6.07 Å². The predicted octanol–water partition coefficient (Wildman–Crippen LogP) is 3.17. The summed E-state index contributed by atoms with van der Waals surface area (Å²) in [6, 6.07) is 3.20. The maximum atomic E-state index is 12.7. The fourth-order valence-corrected chi connectivity index (χ4v) is 1.79. The van der Waals surface area contributed by atoms with Crippen molar-refractivity contribution >= 4 is 17.4 Å². The molecule has 0 aliphatic carbocycles. The minimum absolute atomic E-state index is 0.428. The van der Waals surface area contributed by atoms with Crippen molar-refractivity contribution in [2.75, 3.05) is 23.9 Å². The zero-order chi connectivity index (χ0) is 10.9. The largest absolute Gasteiger partial charge is 0.385 e. The number of unbranched alkanes of at least 4 members (excludes halogenated alkanes) is 2. The lowest BCUT2D eigenvalue weighted by Gasteiger charge is -2.05. The van der Waals surface area contributed by atoms with Crippen LogP contribution in [0.15, 0.2) is 18.3 Å². The van der Waals surface area contributed by atoms with Gasteiger partial charge in [-0.15, -0.1) is 0 Å². The van der Waals surface area contributed by atoms with Gasteiger partial charge in [0.1, 0.15) is 0 Å². The maximum absolute atomic E-state index is 12.7. The molecule has 0 bridgehead atoms. The minimum atomic E-state index is -0.428. The van der Waals surface area contributed by atoms with Gasteiger partial charge < -0.3 is 5.32 Å². The lowest BCUT2D eigenvalue weighted by atomic mass is 10.2. The summed E-state index contributed by atoms with van der Waals surface area (Å²) >= 11 is 1.88. The molecule has 1 N–H and O–H groups in total. The molecule has 0 radical (unpaired) electrons. The molecule has 2 nitrogen and oxygen atoms in total. The van der Waals surface area contributed by atoms with Crippen LogP contribution in [0, 0.1) is 5.95 Å². The van der Waals surface area contributed by atoms with Gasteiger partial charge in [-0.2, -0.15) is 16.2 Å². The molecule has 1 heterocycles. The van der Waals surface area contributed by atoms with Gasteiger partial charge in [-0.1, -0.05) is 6.42 Å². The van der Waals surface area contributed by atoms with Crippen LogP contribution in [0.1, 0.15) is 19.3 Å². The molecule has 15 heavy (non-hydrogen) atoms. The van der Waals surface area contributed by atoms with Crippen LogP contribution in [0.4, 0.5) is 10.1 Å². The zero-order valence-electron chi connectivity index (χ0n) is 9.00. The van der Waals surface area contributed by atoms with E-state index in [-0.39, 0.29) is 0 Å². The Labute approximate surface area is 94.7 Å². The first-order chi connectivity index (χ1) is 7.33. The van der Waals surface area contributed by atoms with Crippen molar-refractivity contribution in [2.45, 2.75) is 19.3 Å². The Bertz CT molecular complexity index is 281. The average molecular weight is 228 g/mol. The summed E-state index contributed by atoms with van der Waals surface area (Å²) in [4.78, 5) is 3.50. The Kier molecular flexibility index (Phi) is 6.16. The lowest BCUT2D eigenvalue weighted by molar-refractivity contribution is 0.584. The number of thioether (sulfide) groups is 1. The smallest absolute Gasteiger partial charge is 0.214 e. The number of hydrogen-bond donors (Lipinski definition) is 1. The topological polar surface area (TPSA) is 24.9 Å². The molecule has 0 aromatic carbocycles. The van der Waals surface area contributed by atoms with E-state index >= 15 is 0 Å². The molecule has 84 valence electrons. The van der Waals surface area contributed by atoms with E-state index in [2.05, 4.69) is 16.6 Å². The summed E-state index contributed by atoms with van der Waals surface area (Å²) in [5.41, 5.74) is 0.812. The maximum Gasteiger partial charge on any atom is 0.214 e. The van der Waals surface area contributed by atoms with Crippen molar-refractivity contribution < 1.29 is 4.39 Å². The summed E-state index contributed by atoms with van der Waals surface area (Å²) in [6.45, 7) is 0.901. The summed E-state index contributed by atoms with van der Waals surface area (Å²) in [7, 11) is 0. The molecular formula is C11H17FN2S. The van der Waals surface area contributed by atoms with Crippen LogP contribution < -0.4 is 5.32 Å². The van der Waals surface area contributed by atoms with Gasteiger partial charge in [-0.25, -0.2) is 4.98 Å². The highest BCUT2D eigenvalue weighted by Gasteiger charge is 1.94. The third-order valence-corrected chi connectivity index (χ3v) is 2.78.